The molecule has 0 bridgehead atoms. The predicted molar refractivity (Wildman–Crippen MR) is 132 cm³/mol. The summed E-state index contributed by atoms with van der Waals surface area (Å²) in [6.45, 7) is 8.89. The van der Waals surface area contributed by atoms with E-state index in [1.54, 1.807) is 12.1 Å². The number of hydrogen-bond donors (Lipinski definition) is 2. The van der Waals surface area contributed by atoms with Crippen LogP contribution in [0.25, 0.3) is 5.76 Å². The van der Waals surface area contributed by atoms with Crippen molar-refractivity contribution < 1.29 is 24.5 Å². The molecule has 3 rings (SSSR count). The highest BCUT2D eigenvalue weighted by Crippen LogP contribution is 2.42. The summed E-state index contributed by atoms with van der Waals surface area (Å²) in [6, 6.07) is 9.71. The Hall–Kier alpha value is -3.32. The second kappa shape index (κ2) is 9.50. The number of likely N-dealkylation sites (N-methyl/N-ethyl adjacent to an activating group) is 1. The number of phenols is 1. The van der Waals surface area contributed by atoms with E-state index in [1.807, 2.05) is 44.1 Å². The molecule has 0 aromatic heterocycles. The van der Waals surface area contributed by atoms with E-state index in [0.717, 1.165) is 11.1 Å². The number of benzene rings is 2. The van der Waals surface area contributed by atoms with Gasteiger partial charge in [-0.15, -0.1) is 0 Å². The number of ketones is 1. The molecule has 1 aliphatic rings. The molecule has 1 saturated heterocycles. The largest absolute Gasteiger partial charge is 0.507 e. The Morgan fingerprint density at radius 1 is 1.12 bits per heavy atom. The molecule has 0 aliphatic carbocycles. The fraction of sp³-hybridized carbons (Fsp3) is 0.407. The smallest absolute Gasteiger partial charge is 0.295 e. The van der Waals surface area contributed by atoms with Gasteiger partial charge in [0.1, 0.15) is 5.76 Å². The Morgan fingerprint density at radius 2 is 1.79 bits per heavy atom. The first-order chi connectivity index (χ1) is 15.9. The number of carbonyl (C=O) groups excluding carboxylic acids is 2. The molecule has 0 spiro atoms. The average molecular weight is 467 g/mol. The van der Waals surface area contributed by atoms with E-state index < -0.39 is 17.7 Å². The second-order valence-electron chi connectivity index (χ2n) is 10.0. The third kappa shape index (κ3) is 4.80. The fourth-order valence-electron chi connectivity index (χ4n) is 4.13. The first-order valence-electron chi connectivity index (χ1n) is 11.3. The molecule has 182 valence electrons. The Balaban J connectivity index is 2.24. The van der Waals surface area contributed by atoms with Crippen molar-refractivity contribution in [1.29, 1.82) is 0 Å². The van der Waals surface area contributed by atoms with E-state index in [-0.39, 0.29) is 34.8 Å². The zero-order chi connectivity index (χ0) is 25.4. The summed E-state index contributed by atoms with van der Waals surface area (Å²) in [5.74, 6) is -1.45. The lowest BCUT2D eigenvalue weighted by atomic mass is 9.84. The third-order valence-corrected chi connectivity index (χ3v) is 6.21. The molecular weight excluding hydrogens is 432 g/mol. The van der Waals surface area contributed by atoms with Gasteiger partial charge in [-0.25, -0.2) is 0 Å². The van der Waals surface area contributed by atoms with Crippen molar-refractivity contribution in [3.05, 3.63) is 64.2 Å². The number of amides is 1. The van der Waals surface area contributed by atoms with Gasteiger partial charge in [-0.2, -0.15) is 0 Å². The van der Waals surface area contributed by atoms with E-state index in [0.29, 0.717) is 17.7 Å². The van der Waals surface area contributed by atoms with Crippen LogP contribution in [0.4, 0.5) is 0 Å². The molecule has 7 nitrogen and oxygen atoms in total. The molecule has 1 amide bonds. The lowest BCUT2D eigenvalue weighted by Crippen LogP contribution is -2.35. The Kier molecular flexibility index (Phi) is 7.07. The molecule has 2 aromatic rings. The number of rotatable bonds is 6. The standard InChI is InChI=1S/C27H34N2O5/c1-16-8-10-18(27(2,3)4)15-19(16)24(31)22-23(17-9-11-21(34-7)20(30)14-17)29(13-12-28(5)6)26(33)25(22)32/h8-11,14-15,23,30-31H,12-13H2,1-7H3/b24-22+. The van der Waals surface area contributed by atoms with Crippen LogP contribution in [0.5, 0.6) is 11.5 Å². The average Bonchev–Trinajstić information content (AvgIpc) is 3.01. The molecule has 0 radical (unpaired) electrons. The minimum atomic E-state index is -0.838. The minimum Gasteiger partial charge on any atom is -0.507 e. The third-order valence-electron chi connectivity index (χ3n) is 6.21. The Bertz CT molecular complexity index is 1140. The maximum absolute atomic E-state index is 13.3. The summed E-state index contributed by atoms with van der Waals surface area (Å²) in [4.78, 5) is 29.7. The number of aryl methyl sites for hydroxylation is 1. The lowest BCUT2D eigenvalue weighted by molar-refractivity contribution is -0.140. The molecule has 2 aromatic carbocycles. The van der Waals surface area contributed by atoms with E-state index in [4.69, 9.17) is 4.74 Å². The van der Waals surface area contributed by atoms with Crippen molar-refractivity contribution in [2.75, 3.05) is 34.3 Å². The van der Waals surface area contributed by atoms with Gasteiger partial charge in [-0.1, -0.05) is 39.0 Å². The van der Waals surface area contributed by atoms with Crippen LogP contribution in [0.15, 0.2) is 42.0 Å². The van der Waals surface area contributed by atoms with E-state index >= 15 is 0 Å². The lowest BCUT2D eigenvalue weighted by Gasteiger charge is -2.27. The number of phenolic OH excluding ortho intramolecular Hbond substituents is 1. The normalized spacial score (nSPS) is 18.1. The maximum atomic E-state index is 13.3. The Morgan fingerprint density at radius 3 is 2.35 bits per heavy atom. The number of likely N-dealkylation sites (tertiary alicyclic amines) is 1. The van der Waals surface area contributed by atoms with Crippen molar-refractivity contribution in [3.8, 4) is 11.5 Å². The van der Waals surface area contributed by atoms with Gasteiger partial charge in [-0.05, 0) is 61.3 Å². The summed E-state index contributed by atoms with van der Waals surface area (Å²) >= 11 is 0. The van der Waals surface area contributed by atoms with Gasteiger partial charge in [0.2, 0.25) is 0 Å². The molecule has 0 saturated carbocycles. The number of aromatic hydroxyl groups is 1. The molecule has 7 heteroatoms. The van der Waals surface area contributed by atoms with E-state index in [2.05, 4.69) is 20.8 Å². The van der Waals surface area contributed by atoms with Crippen molar-refractivity contribution in [3.63, 3.8) is 0 Å². The number of Topliss-reactive ketones (excluding diaryl/α,β-unsaturated/α-hetero) is 1. The molecule has 1 aliphatic heterocycles. The topological polar surface area (TPSA) is 90.3 Å². The number of hydrogen-bond acceptors (Lipinski definition) is 6. The maximum Gasteiger partial charge on any atom is 0.295 e. The number of nitrogens with zero attached hydrogens (tertiary/aromatic N) is 2. The quantitative estimate of drug-likeness (QED) is 0.380. The summed E-state index contributed by atoms with van der Waals surface area (Å²) < 4.78 is 5.15. The summed E-state index contributed by atoms with van der Waals surface area (Å²) in [7, 11) is 5.21. The summed E-state index contributed by atoms with van der Waals surface area (Å²) in [6.07, 6.45) is 0. The van der Waals surface area contributed by atoms with Crippen LogP contribution in [-0.4, -0.2) is 66.0 Å². The molecule has 1 atom stereocenters. The van der Waals surface area contributed by atoms with Crippen LogP contribution in [0, 0.1) is 6.92 Å². The van der Waals surface area contributed by atoms with Gasteiger partial charge < -0.3 is 24.7 Å². The number of aliphatic hydroxyl groups is 1. The van der Waals surface area contributed by atoms with Crippen molar-refractivity contribution >= 4 is 17.4 Å². The van der Waals surface area contributed by atoms with Gasteiger partial charge in [0.15, 0.2) is 11.5 Å². The molecule has 34 heavy (non-hydrogen) atoms. The summed E-state index contributed by atoms with van der Waals surface area (Å²) in [5, 5.41) is 21.9. The van der Waals surface area contributed by atoms with E-state index in [9.17, 15) is 19.8 Å². The van der Waals surface area contributed by atoms with Gasteiger partial charge in [-0.3, -0.25) is 9.59 Å². The summed E-state index contributed by atoms with van der Waals surface area (Å²) in [5.41, 5.74) is 2.68. The monoisotopic (exact) mass is 466 g/mol. The van der Waals surface area contributed by atoms with Crippen LogP contribution in [0.2, 0.25) is 0 Å². The highest BCUT2D eigenvalue weighted by molar-refractivity contribution is 6.46. The van der Waals surface area contributed by atoms with Crippen molar-refractivity contribution in [1.82, 2.24) is 9.80 Å². The predicted octanol–water partition coefficient (Wildman–Crippen LogP) is 3.99. The molecule has 2 N–H and O–H groups in total. The molecule has 1 fully saturated rings. The van der Waals surface area contributed by atoms with Gasteiger partial charge >= 0.3 is 0 Å². The van der Waals surface area contributed by atoms with Crippen molar-refractivity contribution in [2.45, 2.75) is 39.2 Å². The first-order valence-corrected chi connectivity index (χ1v) is 11.3. The van der Waals surface area contributed by atoms with Gasteiger partial charge in [0.25, 0.3) is 11.7 Å². The van der Waals surface area contributed by atoms with Crippen LogP contribution in [0.3, 0.4) is 0 Å². The molecule has 1 unspecified atom stereocenters. The number of carbonyl (C=O) groups is 2. The fourth-order valence-corrected chi connectivity index (χ4v) is 4.13. The first kappa shape index (κ1) is 25.3. The van der Waals surface area contributed by atoms with Gasteiger partial charge in [0.05, 0.1) is 18.7 Å². The van der Waals surface area contributed by atoms with E-state index in [1.165, 1.54) is 18.1 Å². The SMILES string of the molecule is COc1ccc(C2/C(=C(\O)c3cc(C(C)(C)C)ccc3C)C(=O)C(=O)N2CCN(C)C)cc1O. The molecular formula is C27H34N2O5. The number of aliphatic hydroxyl groups excluding tert-OH is 1. The highest BCUT2D eigenvalue weighted by Gasteiger charge is 2.46. The Labute approximate surface area is 201 Å². The molecule has 1 heterocycles. The highest BCUT2D eigenvalue weighted by atomic mass is 16.5. The zero-order valence-electron chi connectivity index (χ0n) is 21.0. The minimum absolute atomic E-state index is 0.0162. The van der Waals surface area contributed by atoms with Crippen LogP contribution in [0.1, 0.15) is 49.1 Å². The van der Waals surface area contributed by atoms with Crippen LogP contribution < -0.4 is 4.74 Å². The van der Waals surface area contributed by atoms with Crippen LogP contribution in [-0.2, 0) is 15.0 Å². The van der Waals surface area contributed by atoms with Crippen LogP contribution >= 0.6 is 0 Å². The second-order valence-corrected chi connectivity index (χ2v) is 10.0. The number of ether oxygens (including phenoxy) is 1. The van der Waals surface area contributed by atoms with Gasteiger partial charge in [0, 0.05) is 18.7 Å². The number of methoxy groups -OCH3 is 1. The zero-order valence-corrected chi connectivity index (χ0v) is 21.0. The van der Waals surface area contributed by atoms with Crippen molar-refractivity contribution in [2.24, 2.45) is 0 Å².